The number of nitrogens with zero attached hydrogens (tertiary/aromatic N) is 2. The second kappa shape index (κ2) is 14.5. The summed E-state index contributed by atoms with van der Waals surface area (Å²) in [7, 11) is 0. The topological polar surface area (TPSA) is 18.3 Å². The first-order chi connectivity index (χ1) is 12.2. The van der Waals surface area contributed by atoms with E-state index in [1.54, 1.807) is 0 Å². The van der Waals surface area contributed by atoms with Gasteiger partial charge in [0.15, 0.2) is 12.7 Å². The zero-order chi connectivity index (χ0) is 18.3. The molecule has 0 spiro atoms. The number of unbranched alkanes of at least 4 members (excludes halogenated alkanes) is 1. The third-order valence-corrected chi connectivity index (χ3v) is 5.47. The lowest BCUT2D eigenvalue weighted by molar-refractivity contribution is -0.455. The van der Waals surface area contributed by atoms with Crippen molar-refractivity contribution in [1.29, 1.82) is 0 Å². The number of piperazine rings is 1. The Morgan fingerprint density at radius 2 is 1.68 bits per heavy atom. The van der Waals surface area contributed by atoms with Crippen molar-refractivity contribution in [2.75, 3.05) is 39.3 Å². The molecule has 1 aliphatic rings. The Bertz CT molecular complexity index is 369. The summed E-state index contributed by atoms with van der Waals surface area (Å²) in [6.45, 7) is 16.2. The fraction of sp³-hybridized carbons (Fsp3) is 0.864. The standard InChI is InChI=1S/C22H44N3/c1-5-9-11-22(8-4)20-25(15-12-21(7-3)10-6-2)19-18-24-16-13-23-14-17-24/h12,15,20-23H,5-11,13-14,16-19H2,1-4H3/q+1. The Labute approximate surface area is 157 Å². The molecule has 0 aromatic carbocycles. The highest BCUT2D eigenvalue weighted by Crippen LogP contribution is 2.13. The third kappa shape index (κ3) is 10.2. The van der Waals surface area contributed by atoms with Gasteiger partial charge in [0, 0.05) is 32.1 Å². The molecule has 3 nitrogen and oxygen atoms in total. The summed E-state index contributed by atoms with van der Waals surface area (Å²) in [5.74, 6) is 1.45. The summed E-state index contributed by atoms with van der Waals surface area (Å²) in [5.41, 5.74) is 0. The fourth-order valence-corrected chi connectivity index (χ4v) is 3.55. The molecular weight excluding hydrogens is 306 g/mol. The zero-order valence-corrected chi connectivity index (χ0v) is 17.5. The maximum Gasteiger partial charge on any atom is 0.164 e. The number of hydrogen-bond acceptors (Lipinski definition) is 2. The molecule has 2 atom stereocenters. The maximum atomic E-state index is 3.45. The predicted molar refractivity (Wildman–Crippen MR) is 112 cm³/mol. The van der Waals surface area contributed by atoms with Crippen LogP contribution in [-0.4, -0.2) is 55.0 Å². The van der Waals surface area contributed by atoms with Crippen LogP contribution in [0.2, 0.25) is 0 Å². The molecule has 1 heterocycles. The van der Waals surface area contributed by atoms with Gasteiger partial charge in [0.1, 0.15) is 6.21 Å². The molecule has 0 amide bonds. The van der Waals surface area contributed by atoms with Crippen LogP contribution >= 0.6 is 0 Å². The first-order valence-electron chi connectivity index (χ1n) is 10.9. The summed E-state index contributed by atoms with van der Waals surface area (Å²) in [4.78, 5) is 2.60. The molecule has 1 aliphatic heterocycles. The molecule has 1 rings (SSSR count). The van der Waals surface area contributed by atoms with E-state index in [4.69, 9.17) is 0 Å². The predicted octanol–water partition coefficient (Wildman–Crippen LogP) is 4.53. The molecule has 0 aromatic rings. The fourth-order valence-electron chi connectivity index (χ4n) is 3.55. The Hall–Kier alpha value is -0.670. The maximum absolute atomic E-state index is 3.45. The van der Waals surface area contributed by atoms with E-state index in [-0.39, 0.29) is 0 Å². The van der Waals surface area contributed by atoms with Gasteiger partial charge in [-0.05, 0) is 37.7 Å². The molecule has 1 saturated heterocycles. The van der Waals surface area contributed by atoms with E-state index in [2.05, 4.69) is 61.0 Å². The SMILES string of the molecule is CCCCC(C=[N+](C=CC(CC)CCC)CCN1CCNCC1)CC. The molecule has 0 radical (unpaired) electrons. The van der Waals surface area contributed by atoms with Gasteiger partial charge < -0.3 is 5.32 Å². The van der Waals surface area contributed by atoms with Crippen LogP contribution in [0.3, 0.4) is 0 Å². The highest BCUT2D eigenvalue weighted by molar-refractivity contribution is 5.55. The molecule has 0 saturated carbocycles. The average Bonchev–Trinajstić information content (AvgIpc) is 2.66. The van der Waals surface area contributed by atoms with Crippen LogP contribution in [0.1, 0.15) is 72.6 Å². The van der Waals surface area contributed by atoms with Gasteiger partial charge in [0.05, 0.1) is 6.54 Å². The summed E-state index contributed by atoms with van der Waals surface area (Å²) >= 11 is 0. The van der Waals surface area contributed by atoms with Gasteiger partial charge in [-0.3, -0.25) is 4.90 Å². The molecule has 1 N–H and O–H groups in total. The molecule has 0 aliphatic carbocycles. The second-order valence-corrected chi connectivity index (χ2v) is 7.59. The minimum atomic E-state index is 0.721. The van der Waals surface area contributed by atoms with E-state index in [9.17, 15) is 0 Å². The molecule has 1 fully saturated rings. The van der Waals surface area contributed by atoms with E-state index in [0.717, 1.165) is 31.5 Å². The van der Waals surface area contributed by atoms with Crippen LogP contribution in [0.4, 0.5) is 0 Å². The quantitative estimate of drug-likeness (QED) is 0.388. The molecule has 0 bridgehead atoms. The van der Waals surface area contributed by atoms with Crippen LogP contribution in [0, 0.1) is 11.8 Å². The molecular formula is C22H44N3+. The van der Waals surface area contributed by atoms with Crippen molar-refractivity contribution in [2.45, 2.75) is 72.6 Å². The Morgan fingerprint density at radius 3 is 2.28 bits per heavy atom. The van der Waals surface area contributed by atoms with E-state index in [1.807, 2.05) is 0 Å². The Morgan fingerprint density at radius 1 is 0.960 bits per heavy atom. The van der Waals surface area contributed by atoms with Gasteiger partial charge >= 0.3 is 0 Å². The average molecular weight is 351 g/mol. The summed E-state index contributed by atoms with van der Waals surface area (Å²) in [6.07, 6.45) is 16.4. The number of nitrogens with one attached hydrogen (secondary N) is 1. The molecule has 0 aromatic heterocycles. The van der Waals surface area contributed by atoms with Gasteiger partial charge in [-0.1, -0.05) is 47.0 Å². The van der Waals surface area contributed by atoms with E-state index in [1.165, 1.54) is 64.6 Å². The van der Waals surface area contributed by atoms with Crippen molar-refractivity contribution in [1.82, 2.24) is 10.2 Å². The van der Waals surface area contributed by atoms with Gasteiger partial charge in [0.2, 0.25) is 0 Å². The highest BCUT2D eigenvalue weighted by atomic mass is 15.2. The molecule has 3 heteroatoms. The van der Waals surface area contributed by atoms with Crippen LogP contribution in [0.25, 0.3) is 0 Å². The lowest BCUT2D eigenvalue weighted by Crippen LogP contribution is -2.45. The normalized spacial score (nSPS) is 19.4. The van der Waals surface area contributed by atoms with Crippen molar-refractivity contribution >= 4 is 6.21 Å². The minimum absolute atomic E-state index is 0.721. The zero-order valence-electron chi connectivity index (χ0n) is 17.5. The van der Waals surface area contributed by atoms with Crippen LogP contribution < -0.4 is 5.32 Å². The lowest BCUT2D eigenvalue weighted by Gasteiger charge is -2.26. The van der Waals surface area contributed by atoms with Crippen molar-refractivity contribution < 1.29 is 4.58 Å². The van der Waals surface area contributed by atoms with Crippen molar-refractivity contribution in [2.24, 2.45) is 11.8 Å². The Kier molecular flexibility index (Phi) is 13.0. The van der Waals surface area contributed by atoms with Gasteiger partial charge in [0.25, 0.3) is 0 Å². The van der Waals surface area contributed by atoms with Crippen molar-refractivity contribution in [3.63, 3.8) is 0 Å². The lowest BCUT2D eigenvalue weighted by atomic mass is 10.00. The highest BCUT2D eigenvalue weighted by Gasteiger charge is 2.14. The smallest absolute Gasteiger partial charge is 0.164 e. The van der Waals surface area contributed by atoms with E-state index in [0.29, 0.717) is 0 Å². The van der Waals surface area contributed by atoms with E-state index >= 15 is 0 Å². The largest absolute Gasteiger partial charge is 0.314 e. The molecule has 25 heavy (non-hydrogen) atoms. The second-order valence-electron chi connectivity index (χ2n) is 7.59. The number of rotatable bonds is 13. The summed E-state index contributed by atoms with van der Waals surface area (Å²) < 4.78 is 2.50. The van der Waals surface area contributed by atoms with Gasteiger partial charge in [-0.2, -0.15) is 0 Å². The number of allylic oxidation sites excluding steroid dienone is 1. The van der Waals surface area contributed by atoms with Crippen LogP contribution in [-0.2, 0) is 0 Å². The molecule has 2 unspecified atom stereocenters. The summed E-state index contributed by atoms with van der Waals surface area (Å²) in [5, 5.41) is 3.45. The first-order valence-corrected chi connectivity index (χ1v) is 10.9. The molecule has 146 valence electrons. The van der Waals surface area contributed by atoms with Gasteiger partial charge in [-0.15, -0.1) is 0 Å². The van der Waals surface area contributed by atoms with Gasteiger partial charge in [-0.25, -0.2) is 4.58 Å². The van der Waals surface area contributed by atoms with Crippen molar-refractivity contribution in [3.8, 4) is 0 Å². The van der Waals surface area contributed by atoms with E-state index < -0.39 is 0 Å². The monoisotopic (exact) mass is 350 g/mol. The number of hydrogen-bond donors (Lipinski definition) is 1. The third-order valence-electron chi connectivity index (χ3n) is 5.47. The van der Waals surface area contributed by atoms with Crippen LogP contribution in [0.5, 0.6) is 0 Å². The van der Waals surface area contributed by atoms with Crippen LogP contribution in [0.15, 0.2) is 12.3 Å². The Balaban J connectivity index is 2.70. The van der Waals surface area contributed by atoms with Crippen molar-refractivity contribution in [3.05, 3.63) is 12.3 Å². The minimum Gasteiger partial charge on any atom is -0.314 e. The summed E-state index contributed by atoms with van der Waals surface area (Å²) in [6, 6.07) is 0. The first kappa shape index (κ1) is 22.4.